The molecule has 0 saturated heterocycles. The van der Waals surface area contributed by atoms with E-state index in [4.69, 9.17) is 4.74 Å². The van der Waals surface area contributed by atoms with Gasteiger partial charge in [0.25, 0.3) is 0 Å². The predicted octanol–water partition coefficient (Wildman–Crippen LogP) is 3.79. The Bertz CT molecular complexity index is 618. The van der Waals surface area contributed by atoms with Crippen LogP contribution in [0.15, 0.2) is 18.2 Å². The molecule has 1 saturated carbocycles. The van der Waals surface area contributed by atoms with Gasteiger partial charge in [-0.15, -0.1) is 0 Å². The number of carbonyl (C=O) groups excluding carboxylic acids is 1. The molecule has 1 aliphatic carbocycles. The maximum Gasteiger partial charge on any atom is 0.329 e. The van der Waals surface area contributed by atoms with Crippen molar-refractivity contribution in [3.05, 3.63) is 29.3 Å². The number of carboxylic acid groups (broad SMARTS) is 1. The number of nitrogens with one attached hydrogen (secondary N) is 1. The van der Waals surface area contributed by atoms with Gasteiger partial charge in [0.2, 0.25) is 5.91 Å². The average Bonchev–Trinajstić information content (AvgIpc) is 2.56. The summed E-state index contributed by atoms with van der Waals surface area (Å²) in [4.78, 5) is 24.8. The lowest BCUT2D eigenvalue weighted by atomic mass is 9.83. The highest BCUT2D eigenvalue weighted by atomic mass is 16.5. The normalized spacial score (nSPS) is 18.5. The highest BCUT2D eigenvalue weighted by molar-refractivity contribution is 5.90. The predicted molar refractivity (Wildman–Crippen MR) is 97.0 cm³/mol. The Balaban J connectivity index is 2.21. The van der Waals surface area contributed by atoms with E-state index in [0.717, 1.165) is 43.2 Å². The molecule has 0 heterocycles. The molecule has 1 aromatic carbocycles. The summed E-state index contributed by atoms with van der Waals surface area (Å²) in [7, 11) is 1.58. The molecule has 0 aliphatic heterocycles. The fourth-order valence-corrected chi connectivity index (χ4v) is 3.56. The topological polar surface area (TPSA) is 75.6 Å². The number of aryl methyl sites for hydroxylation is 1. The monoisotopic (exact) mass is 347 g/mol. The van der Waals surface area contributed by atoms with Crippen LogP contribution in [0.2, 0.25) is 0 Å². The quantitative estimate of drug-likeness (QED) is 0.850. The Kier molecular flexibility index (Phi) is 6.45. The summed E-state index contributed by atoms with van der Waals surface area (Å²) in [5.41, 5.74) is 0.677. The zero-order chi connectivity index (χ0) is 18.4. The summed E-state index contributed by atoms with van der Waals surface area (Å²) in [6, 6.07) is 5.70. The van der Waals surface area contributed by atoms with Crippen LogP contribution in [0.3, 0.4) is 0 Å². The number of hydrogen-bond acceptors (Lipinski definition) is 3. The number of hydrogen-bond donors (Lipinski definition) is 2. The molecule has 25 heavy (non-hydrogen) atoms. The number of ether oxygens (including phenoxy) is 1. The zero-order valence-electron chi connectivity index (χ0n) is 15.4. The summed E-state index contributed by atoms with van der Waals surface area (Å²) in [6.45, 7) is 3.76. The molecule has 0 aromatic heterocycles. The average molecular weight is 347 g/mol. The van der Waals surface area contributed by atoms with Gasteiger partial charge in [-0.05, 0) is 38.3 Å². The van der Waals surface area contributed by atoms with Crippen molar-refractivity contribution < 1.29 is 19.4 Å². The van der Waals surface area contributed by atoms with Crippen molar-refractivity contribution in [3.63, 3.8) is 0 Å². The third-order valence-corrected chi connectivity index (χ3v) is 5.23. The Morgan fingerprint density at radius 2 is 1.76 bits per heavy atom. The fraction of sp³-hybridized carbons (Fsp3) is 0.600. The van der Waals surface area contributed by atoms with Crippen molar-refractivity contribution in [1.29, 1.82) is 0 Å². The Hall–Kier alpha value is -2.04. The highest BCUT2D eigenvalue weighted by Crippen LogP contribution is 2.31. The van der Waals surface area contributed by atoms with Crippen molar-refractivity contribution in [2.24, 2.45) is 0 Å². The first kappa shape index (κ1) is 19.3. The van der Waals surface area contributed by atoms with Crippen molar-refractivity contribution in [2.75, 3.05) is 7.11 Å². The first-order valence-electron chi connectivity index (χ1n) is 9.09. The minimum atomic E-state index is -1.15. The molecule has 1 aromatic rings. The molecule has 1 aliphatic rings. The van der Waals surface area contributed by atoms with Crippen molar-refractivity contribution in [2.45, 2.75) is 70.3 Å². The second-order valence-corrected chi connectivity index (χ2v) is 7.11. The minimum Gasteiger partial charge on any atom is -0.496 e. The van der Waals surface area contributed by atoms with E-state index in [1.165, 1.54) is 0 Å². The van der Waals surface area contributed by atoms with Crippen LogP contribution in [-0.4, -0.2) is 29.6 Å². The maximum atomic E-state index is 12.8. The third-order valence-electron chi connectivity index (χ3n) is 5.23. The smallest absolute Gasteiger partial charge is 0.329 e. The van der Waals surface area contributed by atoms with E-state index in [9.17, 15) is 14.7 Å². The molecular formula is C20H29NO4. The molecule has 0 radical (unpaired) electrons. The first-order chi connectivity index (χ1) is 11.9. The van der Waals surface area contributed by atoms with E-state index in [1.54, 1.807) is 14.0 Å². The standard InChI is InChI=1S/C20H29NO4/c1-14-9-10-16(17(13-14)25-3)15(2)18(22)21-20(19(23)24)11-7-5-4-6-8-12-20/h9-10,13,15H,4-8,11-12H2,1-3H3,(H,21,22)(H,23,24). The molecule has 0 spiro atoms. The molecule has 2 rings (SSSR count). The maximum absolute atomic E-state index is 12.8. The summed E-state index contributed by atoms with van der Waals surface area (Å²) in [5, 5.41) is 12.7. The first-order valence-corrected chi connectivity index (χ1v) is 9.09. The van der Waals surface area contributed by atoms with Gasteiger partial charge in [-0.25, -0.2) is 4.79 Å². The summed E-state index contributed by atoms with van der Waals surface area (Å²) in [5.74, 6) is -1.00. The van der Waals surface area contributed by atoms with E-state index >= 15 is 0 Å². The van der Waals surface area contributed by atoms with Crippen LogP contribution in [0.1, 0.15) is 68.9 Å². The summed E-state index contributed by atoms with van der Waals surface area (Å²) >= 11 is 0. The molecule has 1 unspecified atom stereocenters. The molecule has 2 N–H and O–H groups in total. The fourth-order valence-electron chi connectivity index (χ4n) is 3.56. The number of aliphatic carboxylic acids is 1. The second kappa shape index (κ2) is 8.37. The van der Waals surface area contributed by atoms with Gasteiger partial charge in [-0.1, -0.05) is 44.2 Å². The van der Waals surface area contributed by atoms with Gasteiger partial charge in [-0.3, -0.25) is 4.79 Å². The number of amides is 1. The zero-order valence-corrected chi connectivity index (χ0v) is 15.4. The molecule has 5 heteroatoms. The van der Waals surface area contributed by atoms with Gasteiger partial charge in [0, 0.05) is 5.56 Å². The number of methoxy groups -OCH3 is 1. The van der Waals surface area contributed by atoms with Crippen molar-refractivity contribution in [1.82, 2.24) is 5.32 Å². The lowest BCUT2D eigenvalue weighted by Gasteiger charge is -2.33. The van der Waals surface area contributed by atoms with Gasteiger partial charge in [-0.2, -0.15) is 0 Å². The van der Waals surface area contributed by atoms with Crippen LogP contribution in [0.5, 0.6) is 5.75 Å². The number of benzene rings is 1. The van der Waals surface area contributed by atoms with E-state index in [-0.39, 0.29) is 5.91 Å². The van der Waals surface area contributed by atoms with Crippen molar-refractivity contribution in [3.8, 4) is 5.75 Å². The highest BCUT2D eigenvalue weighted by Gasteiger charge is 2.40. The van der Waals surface area contributed by atoms with Crippen LogP contribution < -0.4 is 10.1 Å². The van der Waals surface area contributed by atoms with Gasteiger partial charge >= 0.3 is 5.97 Å². The molecule has 0 bridgehead atoms. The molecule has 138 valence electrons. The molecule has 5 nitrogen and oxygen atoms in total. The Morgan fingerprint density at radius 1 is 1.16 bits per heavy atom. The Morgan fingerprint density at radius 3 is 2.32 bits per heavy atom. The minimum absolute atomic E-state index is 0.259. The number of carboxylic acids is 1. The van der Waals surface area contributed by atoms with Crippen LogP contribution >= 0.6 is 0 Å². The largest absolute Gasteiger partial charge is 0.496 e. The lowest BCUT2D eigenvalue weighted by molar-refractivity contribution is -0.149. The molecule has 1 atom stereocenters. The van der Waals surface area contributed by atoms with E-state index in [0.29, 0.717) is 18.6 Å². The molecular weight excluding hydrogens is 318 g/mol. The molecule has 1 amide bonds. The second-order valence-electron chi connectivity index (χ2n) is 7.11. The Labute approximate surface area is 149 Å². The van der Waals surface area contributed by atoms with E-state index < -0.39 is 17.4 Å². The van der Waals surface area contributed by atoms with Crippen LogP contribution in [0.4, 0.5) is 0 Å². The van der Waals surface area contributed by atoms with Crippen LogP contribution in [-0.2, 0) is 9.59 Å². The van der Waals surface area contributed by atoms with Gasteiger partial charge in [0.05, 0.1) is 13.0 Å². The SMILES string of the molecule is COc1cc(C)ccc1C(C)C(=O)NC1(C(=O)O)CCCCCCC1. The number of carbonyl (C=O) groups is 2. The number of rotatable bonds is 5. The third kappa shape index (κ3) is 4.53. The lowest BCUT2D eigenvalue weighted by Crippen LogP contribution is -2.55. The van der Waals surface area contributed by atoms with E-state index in [2.05, 4.69) is 5.32 Å². The van der Waals surface area contributed by atoms with Crippen molar-refractivity contribution >= 4 is 11.9 Å². The van der Waals surface area contributed by atoms with E-state index in [1.807, 2.05) is 25.1 Å². The summed E-state index contributed by atoms with van der Waals surface area (Å²) < 4.78 is 5.40. The summed E-state index contributed by atoms with van der Waals surface area (Å²) in [6.07, 6.45) is 5.82. The van der Waals surface area contributed by atoms with Crippen LogP contribution in [0, 0.1) is 6.92 Å². The van der Waals surface area contributed by atoms with Gasteiger partial charge < -0.3 is 15.2 Å². The van der Waals surface area contributed by atoms with Crippen LogP contribution in [0.25, 0.3) is 0 Å². The van der Waals surface area contributed by atoms with Gasteiger partial charge in [0.1, 0.15) is 11.3 Å². The molecule has 1 fully saturated rings. The van der Waals surface area contributed by atoms with Gasteiger partial charge in [0.15, 0.2) is 0 Å².